The molecule has 0 aromatic carbocycles. The average molecular weight is 224 g/mol. The van der Waals surface area contributed by atoms with E-state index in [4.69, 9.17) is 0 Å². The number of rotatable bonds is 4. The Morgan fingerprint density at radius 1 is 1.56 bits per heavy atom. The molecule has 1 aromatic heterocycles. The summed E-state index contributed by atoms with van der Waals surface area (Å²) in [7, 11) is 3.30. The third-order valence-electron chi connectivity index (χ3n) is 1.88. The lowest BCUT2D eigenvalue weighted by Gasteiger charge is -2.10. The molecule has 1 N–H and O–H groups in total. The van der Waals surface area contributed by atoms with Gasteiger partial charge in [0.1, 0.15) is 0 Å². The van der Waals surface area contributed by atoms with E-state index in [0.717, 1.165) is 0 Å². The first-order valence-corrected chi connectivity index (χ1v) is 4.55. The van der Waals surface area contributed by atoms with Crippen molar-refractivity contribution in [3.63, 3.8) is 0 Å². The molecule has 1 aromatic rings. The number of anilines is 1. The van der Waals surface area contributed by atoms with Gasteiger partial charge in [-0.15, -0.1) is 0 Å². The highest BCUT2D eigenvalue weighted by Gasteiger charge is 2.07. The molecule has 0 fully saturated rings. The summed E-state index contributed by atoms with van der Waals surface area (Å²) < 4.78 is 0. The number of nitro groups is 1. The number of pyridine rings is 1. The maximum absolute atomic E-state index is 11.2. The molecule has 0 unspecified atom stereocenters. The van der Waals surface area contributed by atoms with E-state index in [1.165, 1.54) is 23.2 Å². The average Bonchev–Trinajstić information content (AvgIpc) is 2.26. The first-order valence-electron chi connectivity index (χ1n) is 4.55. The van der Waals surface area contributed by atoms with Crippen LogP contribution in [0.25, 0.3) is 0 Å². The molecular formula is C9H12N4O3. The van der Waals surface area contributed by atoms with Gasteiger partial charge in [-0.1, -0.05) is 0 Å². The van der Waals surface area contributed by atoms with Crippen LogP contribution >= 0.6 is 0 Å². The van der Waals surface area contributed by atoms with E-state index in [2.05, 4.69) is 10.3 Å². The van der Waals surface area contributed by atoms with Crippen molar-refractivity contribution < 1.29 is 9.72 Å². The van der Waals surface area contributed by atoms with Crippen molar-refractivity contribution >= 4 is 17.4 Å². The molecule has 1 rings (SSSR count). The number of amides is 1. The van der Waals surface area contributed by atoms with Gasteiger partial charge in [0, 0.05) is 20.2 Å². The fourth-order valence-electron chi connectivity index (χ4n) is 0.934. The molecule has 0 atom stereocenters. The van der Waals surface area contributed by atoms with Gasteiger partial charge in [0.25, 0.3) is 0 Å². The van der Waals surface area contributed by atoms with E-state index < -0.39 is 4.92 Å². The van der Waals surface area contributed by atoms with Crippen LogP contribution in [0.5, 0.6) is 0 Å². The van der Waals surface area contributed by atoms with E-state index >= 15 is 0 Å². The molecule has 0 aliphatic rings. The van der Waals surface area contributed by atoms with Crippen LogP contribution in [0.3, 0.4) is 0 Å². The molecule has 7 heteroatoms. The Morgan fingerprint density at radius 2 is 2.25 bits per heavy atom. The highest BCUT2D eigenvalue weighted by atomic mass is 16.6. The van der Waals surface area contributed by atoms with Gasteiger partial charge in [-0.05, 0) is 16.0 Å². The Kier molecular flexibility index (Phi) is 3.76. The van der Waals surface area contributed by atoms with Crippen LogP contribution in [-0.2, 0) is 4.79 Å². The Morgan fingerprint density at radius 3 is 2.69 bits per heavy atom. The van der Waals surface area contributed by atoms with Crippen LogP contribution in [0.1, 0.15) is 0 Å². The van der Waals surface area contributed by atoms with Crippen molar-refractivity contribution in [1.82, 2.24) is 9.88 Å². The molecule has 0 bridgehead atoms. The van der Waals surface area contributed by atoms with Gasteiger partial charge in [-0.2, -0.15) is 0 Å². The fourth-order valence-corrected chi connectivity index (χ4v) is 0.934. The zero-order valence-corrected chi connectivity index (χ0v) is 9.01. The second-order valence-electron chi connectivity index (χ2n) is 3.30. The zero-order chi connectivity index (χ0) is 12.1. The monoisotopic (exact) mass is 224 g/mol. The fraction of sp³-hybridized carbons (Fsp3) is 0.333. The van der Waals surface area contributed by atoms with E-state index in [0.29, 0.717) is 5.69 Å². The maximum atomic E-state index is 11.2. The van der Waals surface area contributed by atoms with E-state index in [1.54, 1.807) is 14.1 Å². The standard InChI is InChI=1S/C9H12N4O3/c1-12(2)9(14)6-10-7-3-4-8(11-5-7)13(15)16/h3-5,10H,6H2,1-2H3. The molecule has 86 valence electrons. The molecule has 0 saturated carbocycles. The van der Waals surface area contributed by atoms with Crippen molar-refractivity contribution in [3.8, 4) is 0 Å². The maximum Gasteiger partial charge on any atom is 0.363 e. The molecular weight excluding hydrogens is 212 g/mol. The van der Waals surface area contributed by atoms with Crippen LogP contribution in [0, 0.1) is 10.1 Å². The van der Waals surface area contributed by atoms with Gasteiger partial charge >= 0.3 is 5.82 Å². The van der Waals surface area contributed by atoms with E-state index in [1.807, 2.05) is 0 Å². The van der Waals surface area contributed by atoms with E-state index in [-0.39, 0.29) is 18.3 Å². The Balaban J connectivity index is 2.56. The summed E-state index contributed by atoms with van der Waals surface area (Å²) in [5.74, 6) is -0.303. The Bertz CT molecular complexity index is 388. The molecule has 0 spiro atoms. The van der Waals surface area contributed by atoms with E-state index in [9.17, 15) is 14.9 Å². The number of nitrogens with one attached hydrogen (secondary N) is 1. The summed E-state index contributed by atoms with van der Waals surface area (Å²) in [5.41, 5.74) is 0.570. The van der Waals surface area contributed by atoms with Crippen molar-refractivity contribution in [2.45, 2.75) is 0 Å². The number of hydrogen-bond acceptors (Lipinski definition) is 5. The third-order valence-corrected chi connectivity index (χ3v) is 1.88. The van der Waals surface area contributed by atoms with Gasteiger partial charge < -0.3 is 20.3 Å². The molecule has 1 amide bonds. The predicted molar refractivity (Wildman–Crippen MR) is 58.1 cm³/mol. The zero-order valence-electron chi connectivity index (χ0n) is 9.01. The van der Waals surface area contributed by atoms with Crippen LogP contribution in [0.4, 0.5) is 11.5 Å². The number of hydrogen-bond donors (Lipinski definition) is 1. The number of carbonyl (C=O) groups excluding carboxylic acids is 1. The number of likely N-dealkylation sites (N-methyl/N-ethyl adjacent to an activating group) is 1. The van der Waals surface area contributed by atoms with Gasteiger partial charge in [0.2, 0.25) is 5.91 Å². The van der Waals surface area contributed by atoms with Crippen molar-refractivity contribution in [2.75, 3.05) is 26.0 Å². The minimum absolute atomic E-state index is 0.0849. The van der Waals surface area contributed by atoms with Gasteiger partial charge in [-0.3, -0.25) is 4.79 Å². The molecule has 0 saturated heterocycles. The number of carbonyl (C=O) groups is 1. The summed E-state index contributed by atoms with van der Waals surface area (Å²) in [6.45, 7) is 0.131. The van der Waals surface area contributed by atoms with Gasteiger partial charge in [0.05, 0.1) is 12.2 Å². The molecule has 1 heterocycles. The van der Waals surface area contributed by atoms with Gasteiger partial charge in [0.15, 0.2) is 6.20 Å². The summed E-state index contributed by atoms with van der Waals surface area (Å²) >= 11 is 0. The van der Waals surface area contributed by atoms with Crippen LogP contribution < -0.4 is 5.32 Å². The lowest BCUT2D eigenvalue weighted by atomic mass is 10.4. The van der Waals surface area contributed by atoms with Crippen molar-refractivity contribution in [3.05, 3.63) is 28.4 Å². The number of aromatic nitrogens is 1. The molecule has 16 heavy (non-hydrogen) atoms. The Labute approximate surface area is 92.2 Å². The second-order valence-corrected chi connectivity index (χ2v) is 3.30. The first-order chi connectivity index (χ1) is 7.50. The molecule has 0 radical (unpaired) electrons. The smallest absolute Gasteiger partial charge is 0.363 e. The normalized spacial score (nSPS) is 9.62. The first kappa shape index (κ1) is 11.9. The predicted octanol–water partition coefficient (Wildman–Crippen LogP) is 0.490. The quantitative estimate of drug-likeness (QED) is 0.594. The second kappa shape index (κ2) is 5.06. The molecule has 0 aliphatic heterocycles. The topological polar surface area (TPSA) is 88.4 Å². The summed E-state index contributed by atoms with van der Waals surface area (Å²) in [6.07, 6.45) is 1.32. The molecule has 0 aliphatic carbocycles. The minimum Gasteiger partial charge on any atom is -0.373 e. The summed E-state index contributed by atoms with van der Waals surface area (Å²) in [6, 6.07) is 2.79. The number of nitrogens with zero attached hydrogens (tertiary/aromatic N) is 3. The van der Waals surface area contributed by atoms with Crippen molar-refractivity contribution in [1.29, 1.82) is 0 Å². The highest BCUT2D eigenvalue weighted by Crippen LogP contribution is 2.10. The van der Waals surface area contributed by atoms with Gasteiger partial charge in [-0.25, -0.2) is 0 Å². The Hall–Kier alpha value is -2.18. The third kappa shape index (κ3) is 3.19. The summed E-state index contributed by atoms with van der Waals surface area (Å²) in [5, 5.41) is 13.1. The van der Waals surface area contributed by atoms with Crippen molar-refractivity contribution in [2.24, 2.45) is 0 Å². The van der Waals surface area contributed by atoms with Crippen LogP contribution in [0.2, 0.25) is 0 Å². The highest BCUT2D eigenvalue weighted by molar-refractivity contribution is 5.80. The largest absolute Gasteiger partial charge is 0.373 e. The SMILES string of the molecule is CN(C)C(=O)CNc1ccc([N+](=O)[O-])nc1. The van der Waals surface area contributed by atoms with Crippen LogP contribution in [0.15, 0.2) is 18.3 Å². The molecule has 7 nitrogen and oxygen atoms in total. The lowest BCUT2D eigenvalue weighted by Crippen LogP contribution is -2.28. The van der Waals surface area contributed by atoms with Crippen LogP contribution in [-0.4, -0.2) is 41.4 Å². The summed E-state index contributed by atoms with van der Waals surface area (Å²) in [4.78, 5) is 26.0. The minimum atomic E-state index is -0.575. The lowest BCUT2D eigenvalue weighted by molar-refractivity contribution is -0.389.